The smallest absolute Gasteiger partial charge is 0.286 e. The Labute approximate surface area is 176 Å². The van der Waals surface area contributed by atoms with E-state index in [1.54, 1.807) is 7.11 Å². The highest BCUT2D eigenvalue weighted by Gasteiger charge is 2.31. The van der Waals surface area contributed by atoms with Gasteiger partial charge in [-0.15, -0.1) is 0 Å². The van der Waals surface area contributed by atoms with Crippen molar-refractivity contribution < 1.29 is 18.7 Å². The van der Waals surface area contributed by atoms with Gasteiger partial charge in [-0.05, 0) is 47.0 Å². The maximum atomic E-state index is 11.8. The van der Waals surface area contributed by atoms with Crippen molar-refractivity contribution >= 4 is 44.8 Å². The molecule has 0 aliphatic carbocycles. The van der Waals surface area contributed by atoms with Gasteiger partial charge in [0.1, 0.15) is 11.3 Å². The summed E-state index contributed by atoms with van der Waals surface area (Å²) in [6.45, 7) is 0. The Morgan fingerprint density at radius 3 is 2.63 bits per heavy atom. The number of hydrogen-bond acceptors (Lipinski definition) is 6. The molecule has 0 saturated carbocycles. The zero-order chi connectivity index (χ0) is 20.7. The fourth-order valence-corrected chi connectivity index (χ4v) is 4.58. The number of carbonyl (C=O) groups excluding carboxylic acids is 2. The van der Waals surface area contributed by atoms with E-state index in [9.17, 15) is 9.59 Å². The van der Waals surface area contributed by atoms with Crippen molar-refractivity contribution in [3.63, 3.8) is 0 Å². The van der Waals surface area contributed by atoms with Gasteiger partial charge in [0.2, 0.25) is 5.91 Å². The van der Waals surface area contributed by atoms with Gasteiger partial charge in [-0.2, -0.15) is 0 Å². The number of methoxy groups -OCH3 is 1. The number of thioether (sulfide) groups is 1. The molecule has 1 fully saturated rings. The summed E-state index contributed by atoms with van der Waals surface area (Å²) in [5, 5.41) is 3.88. The summed E-state index contributed by atoms with van der Waals surface area (Å²) >= 11 is 1.03. The lowest BCUT2D eigenvalue weighted by molar-refractivity contribution is -0.118. The minimum atomic E-state index is -0.400. The quantitative estimate of drug-likeness (QED) is 0.515. The number of fused-ring (bicyclic) bond motifs is 2. The second-order valence-electron chi connectivity index (χ2n) is 7.18. The van der Waals surface area contributed by atoms with Crippen LogP contribution in [0.2, 0.25) is 0 Å². The van der Waals surface area contributed by atoms with E-state index in [0.29, 0.717) is 24.3 Å². The molecular weight excluding hydrogens is 400 g/mol. The van der Waals surface area contributed by atoms with Crippen LogP contribution in [0.3, 0.4) is 0 Å². The third kappa shape index (κ3) is 3.52. The van der Waals surface area contributed by atoms with Crippen LogP contribution in [0.25, 0.3) is 21.9 Å². The van der Waals surface area contributed by atoms with Crippen LogP contribution in [0.4, 0.5) is 4.79 Å². The van der Waals surface area contributed by atoms with Gasteiger partial charge < -0.3 is 9.15 Å². The Hall–Kier alpha value is -3.32. The summed E-state index contributed by atoms with van der Waals surface area (Å²) in [6.07, 6.45) is 0.978. The Morgan fingerprint density at radius 1 is 1.10 bits per heavy atom. The largest absolute Gasteiger partial charge is 0.496 e. The lowest BCUT2D eigenvalue weighted by atomic mass is 10.0. The van der Waals surface area contributed by atoms with Gasteiger partial charge in [0.05, 0.1) is 18.8 Å². The molecular formula is C23H18N2O4S. The summed E-state index contributed by atoms with van der Waals surface area (Å²) in [4.78, 5) is 27.8. The van der Waals surface area contributed by atoms with Crippen molar-refractivity contribution in [3.05, 3.63) is 71.6 Å². The number of rotatable bonds is 5. The number of ether oxygens (including phenoxy) is 1. The monoisotopic (exact) mass is 418 g/mol. The molecule has 0 spiro atoms. The lowest BCUT2D eigenvalue weighted by Crippen LogP contribution is -2.25. The van der Waals surface area contributed by atoms with Crippen LogP contribution >= 0.6 is 11.8 Å². The predicted molar refractivity (Wildman–Crippen MR) is 116 cm³/mol. The molecule has 30 heavy (non-hydrogen) atoms. The molecule has 7 heteroatoms. The van der Waals surface area contributed by atoms with Crippen molar-refractivity contribution in [1.29, 1.82) is 0 Å². The fourth-order valence-electron chi connectivity index (χ4n) is 3.72. The summed E-state index contributed by atoms with van der Waals surface area (Å²) < 4.78 is 11.5. The van der Waals surface area contributed by atoms with E-state index >= 15 is 0 Å². The van der Waals surface area contributed by atoms with Crippen LogP contribution in [0.5, 0.6) is 5.75 Å². The maximum Gasteiger partial charge on any atom is 0.286 e. The SMILES string of the molecule is COc1cc2ccccc2cc1Cc1nc2cc(CC3SC(=O)NC3=O)ccc2o1. The summed E-state index contributed by atoms with van der Waals surface area (Å²) in [5.74, 6) is 1.15. The Kier molecular flexibility index (Phi) is 4.67. The van der Waals surface area contributed by atoms with Crippen molar-refractivity contribution in [3.8, 4) is 5.75 Å². The van der Waals surface area contributed by atoms with Gasteiger partial charge in [-0.25, -0.2) is 4.98 Å². The minimum absolute atomic E-state index is 0.241. The van der Waals surface area contributed by atoms with Crippen LogP contribution in [0, 0.1) is 0 Å². The van der Waals surface area contributed by atoms with Crippen LogP contribution in [0.1, 0.15) is 17.0 Å². The van der Waals surface area contributed by atoms with Crippen molar-refractivity contribution in [1.82, 2.24) is 10.3 Å². The number of carbonyl (C=O) groups is 2. The molecule has 1 aliphatic heterocycles. The van der Waals surface area contributed by atoms with Crippen molar-refractivity contribution in [2.75, 3.05) is 7.11 Å². The number of imide groups is 1. The lowest BCUT2D eigenvalue weighted by Gasteiger charge is -2.09. The second kappa shape index (κ2) is 7.50. The molecule has 4 aromatic rings. The van der Waals surface area contributed by atoms with Gasteiger partial charge in [-0.3, -0.25) is 14.9 Å². The van der Waals surface area contributed by atoms with Crippen LogP contribution < -0.4 is 10.1 Å². The highest BCUT2D eigenvalue weighted by atomic mass is 32.2. The zero-order valence-electron chi connectivity index (χ0n) is 16.2. The number of oxazole rings is 1. The molecule has 1 saturated heterocycles. The molecule has 1 aromatic heterocycles. The molecule has 0 bridgehead atoms. The molecule has 1 atom stereocenters. The molecule has 150 valence electrons. The van der Waals surface area contributed by atoms with Gasteiger partial charge in [0.25, 0.3) is 5.24 Å². The van der Waals surface area contributed by atoms with Crippen molar-refractivity contribution in [2.45, 2.75) is 18.1 Å². The Morgan fingerprint density at radius 2 is 1.90 bits per heavy atom. The van der Waals surface area contributed by atoms with E-state index < -0.39 is 5.25 Å². The first-order valence-corrected chi connectivity index (χ1v) is 10.4. The van der Waals surface area contributed by atoms with Gasteiger partial charge >= 0.3 is 0 Å². The molecule has 1 unspecified atom stereocenters. The number of nitrogens with zero attached hydrogens (tertiary/aromatic N) is 1. The predicted octanol–water partition coefficient (Wildman–Crippen LogP) is 4.47. The van der Waals surface area contributed by atoms with Gasteiger partial charge in [0, 0.05) is 5.56 Å². The number of hydrogen-bond donors (Lipinski definition) is 1. The van der Waals surface area contributed by atoms with E-state index in [4.69, 9.17) is 9.15 Å². The number of amides is 2. The minimum Gasteiger partial charge on any atom is -0.496 e. The maximum absolute atomic E-state index is 11.8. The first kappa shape index (κ1) is 18.7. The molecule has 2 amide bonds. The number of aromatic nitrogens is 1. The van der Waals surface area contributed by atoms with E-state index in [0.717, 1.165) is 44.9 Å². The third-order valence-electron chi connectivity index (χ3n) is 5.17. The van der Waals surface area contributed by atoms with Crippen molar-refractivity contribution in [2.24, 2.45) is 0 Å². The summed E-state index contributed by atoms with van der Waals surface area (Å²) in [6, 6.07) is 17.9. The first-order chi connectivity index (χ1) is 14.6. The van der Waals surface area contributed by atoms with Gasteiger partial charge in [-0.1, -0.05) is 42.1 Å². The molecule has 2 heterocycles. The topological polar surface area (TPSA) is 81.4 Å². The average molecular weight is 418 g/mol. The first-order valence-electron chi connectivity index (χ1n) is 9.54. The highest BCUT2D eigenvalue weighted by molar-refractivity contribution is 8.15. The van der Waals surface area contributed by atoms with E-state index in [1.807, 2.05) is 36.4 Å². The van der Waals surface area contributed by atoms with E-state index in [1.165, 1.54) is 0 Å². The zero-order valence-corrected chi connectivity index (χ0v) is 17.0. The molecule has 0 radical (unpaired) electrons. The van der Waals surface area contributed by atoms with E-state index in [2.05, 4.69) is 28.5 Å². The Balaban J connectivity index is 1.42. The molecule has 6 nitrogen and oxygen atoms in total. The summed E-state index contributed by atoms with van der Waals surface area (Å²) in [5.41, 5.74) is 3.36. The van der Waals surface area contributed by atoms with Gasteiger partial charge in [0.15, 0.2) is 11.5 Å². The van der Waals surface area contributed by atoms with E-state index in [-0.39, 0.29) is 11.1 Å². The highest BCUT2D eigenvalue weighted by Crippen LogP contribution is 2.29. The Bertz CT molecular complexity index is 1300. The summed E-state index contributed by atoms with van der Waals surface area (Å²) in [7, 11) is 1.66. The van der Waals surface area contributed by atoms with Crippen LogP contribution in [-0.2, 0) is 17.6 Å². The normalized spacial score (nSPS) is 16.4. The van der Waals surface area contributed by atoms with Crippen LogP contribution in [0.15, 0.2) is 59.0 Å². The van der Waals surface area contributed by atoms with Crippen LogP contribution in [-0.4, -0.2) is 28.5 Å². The number of benzene rings is 3. The molecule has 5 rings (SSSR count). The molecule has 3 aromatic carbocycles. The average Bonchev–Trinajstić information content (AvgIpc) is 3.28. The standard InChI is InChI=1S/C23H18N2O4S/c1-28-19-11-15-5-3-2-4-14(15)10-16(19)12-21-24-17-8-13(6-7-18(17)29-21)9-20-22(26)25-23(27)30-20/h2-8,10-11,20H,9,12H2,1H3,(H,25,26,27). The third-order valence-corrected chi connectivity index (χ3v) is 6.16. The molecule has 1 aliphatic rings. The molecule has 1 N–H and O–H groups in total. The second-order valence-corrected chi connectivity index (χ2v) is 8.36. The number of nitrogens with one attached hydrogen (secondary N) is 1. The fraction of sp³-hybridized carbons (Fsp3) is 0.174.